The van der Waals surface area contributed by atoms with Crippen LogP contribution in [0.15, 0.2) is 30.3 Å². The number of unbranched alkanes of at least 4 members (excludes halogenated alkanes) is 2. The summed E-state index contributed by atoms with van der Waals surface area (Å²) in [5.41, 5.74) is -13.0. The van der Waals surface area contributed by atoms with Gasteiger partial charge in [0, 0.05) is 25.0 Å². The fourth-order valence-corrected chi connectivity index (χ4v) is 6.43. The second-order valence-corrected chi connectivity index (χ2v) is 12.7. The SMILES string of the molecule is CCCC=[N+](CCCC)c1ccccc1.Fc1c(F)c(F)c([B-](c2c(F)c(F)c(F)c(F)c2F)(c2c(F)c(F)c(F)c(F)c2F)c2c(F)c(F)c(F)c(F)c2F)c(F)c1F. The van der Waals surface area contributed by atoms with Crippen molar-refractivity contribution in [3.63, 3.8) is 0 Å². The number of para-hydroxylation sites is 1. The highest BCUT2D eigenvalue weighted by Crippen LogP contribution is 2.30. The maximum atomic E-state index is 15.4. The number of hydrogen-bond donors (Lipinski definition) is 0. The van der Waals surface area contributed by atoms with Crippen LogP contribution in [0.4, 0.5) is 93.5 Å². The molecule has 0 fully saturated rings. The van der Waals surface area contributed by atoms with E-state index in [0.717, 1.165) is 6.54 Å². The summed E-state index contributed by atoms with van der Waals surface area (Å²) >= 11 is 0. The van der Waals surface area contributed by atoms with Crippen molar-refractivity contribution in [3.05, 3.63) is 147 Å². The summed E-state index contributed by atoms with van der Waals surface area (Å²) in [6.07, 6.45) is 0.00267. The molecule has 5 aromatic rings. The summed E-state index contributed by atoms with van der Waals surface area (Å²) in [4.78, 5) is 0. The van der Waals surface area contributed by atoms with Gasteiger partial charge >= 0.3 is 0 Å². The molecule has 0 N–H and O–H groups in total. The molecule has 0 amide bonds. The third-order valence-electron chi connectivity index (χ3n) is 9.19. The van der Waals surface area contributed by atoms with E-state index in [1.165, 1.54) is 31.4 Å². The normalized spacial score (nSPS) is 11.9. The largest absolute Gasteiger partial charge is 0.207 e. The summed E-state index contributed by atoms with van der Waals surface area (Å²) in [6, 6.07) is 10.6. The maximum absolute atomic E-state index is 15.4. The molecule has 1 nitrogen and oxygen atoms in total. The number of halogens is 20. The quantitative estimate of drug-likeness (QED) is 0.0329. The molecule has 322 valence electrons. The Balaban J connectivity index is 0.000000445. The lowest BCUT2D eigenvalue weighted by atomic mass is 9.12. The van der Waals surface area contributed by atoms with E-state index in [1.807, 2.05) is 0 Å². The summed E-state index contributed by atoms with van der Waals surface area (Å²) < 4.78 is 296. The molecule has 0 saturated heterocycles. The van der Waals surface area contributed by atoms with Crippen LogP contribution in [0.25, 0.3) is 0 Å². The average Bonchev–Trinajstić information content (AvgIpc) is 3.24. The van der Waals surface area contributed by atoms with Gasteiger partial charge in [0.25, 0.3) is 0 Å². The van der Waals surface area contributed by atoms with Crippen LogP contribution in [-0.2, 0) is 0 Å². The molecular formula is C38H22BF20N. The van der Waals surface area contributed by atoms with Crippen molar-refractivity contribution in [2.24, 2.45) is 0 Å². The molecule has 5 aromatic carbocycles. The first-order chi connectivity index (χ1) is 28.1. The molecule has 0 spiro atoms. The van der Waals surface area contributed by atoms with Crippen molar-refractivity contribution in [2.75, 3.05) is 6.54 Å². The van der Waals surface area contributed by atoms with E-state index < -0.39 is 144 Å². The van der Waals surface area contributed by atoms with Gasteiger partial charge in [0.05, 0.1) is 0 Å². The summed E-state index contributed by atoms with van der Waals surface area (Å²) in [5.74, 6) is -71.4. The number of benzene rings is 5. The smallest absolute Gasteiger partial charge is 0.204 e. The first-order valence-electron chi connectivity index (χ1n) is 17.0. The molecule has 0 radical (unpaired) electrons. The van der Waals surface area contributed by atoms with Gasteiger partial charge in [-0.3, -0.25) is 0 Å². The predicted molar refractivity (Wildman–Crippen MR) is 176 cm³/mol. The molecule has 0 atom stereocenters. The van der Waals surface area contributed by atoms with Crippen LogP contribution in [0.3, 0.4) is 0 Å². The number of rotatable bonds is 10. The molecule has 0 aliphatic heterocycles. The van der Waals surface area contributed by atoms with Crippen molar-refractivity contribution in [1.82, 2.24) is 0 Å². The van der Waals surface area contributed by atoms with Gasteiger partial charge in [0.15, 0.2) is 69.8 Å². The van der Waals surface area contributed by atoms with E-state index in [2.05, 4.69) is 55.0 Å². The van der Waals surface area contributed by atoms with Crippen LogP contribution in [0.1, 0.15) is 39.5 Å². The molecule has 22 heteroatoms. The van der Waals surface area contributed by atoms with E-state index in [4.69, 9.17) is 0 Å². The zero-order valence-corrected chi connectivity index (χ0v) is 30.1. The van der Waals surface area contributed by atoms with Crippen LogP contribution in [0.5, 0.6) is 0 Å². The van der Waals surface area contributed by atoms with E-state index >= 15 is 35.1 Å². The summed E-state index contributed by atoms with van der Waals surface area (Å²) in [7, 11) is 0. The van der Waals surface area contributed by atoms with Crippen LogP contribution in [0, 0.1) is 116 Å². The van der Waals surface area contributed by atoms with Gasteiger partial charge in [-0.25, -0.2) is 92.4 Å². The summed E-state index contributed by atoms with van der Waals surface area (Å²) in [5, 5.41) is 0. The first-order valence-corrected chi connectivity index (χ1v) is 17.0. The molecule has 0 unspecified atom stereocenters. The Morgan fingerprint density at radius 3 is 0.850 bits per heavy atom. The molecule has 0 aliphatic rings. The van der Waals surface area contributed by atoms with Gasteiger partial charge in [-0.1, -0.05) is 38.5 Å². The molecule has 0 aromatic heterocycles. The zero-order chi connectivity index (χ0) is 45.3. The highest BCUT2D eigenvalue weighted by molar-refractivity contribution is 7.20. The monoisotopic (exact) mass is 883 g/mol. The van der Waals surface area contributed by atoms with Crippen LogP contribution in [0.2, 0.25) is 0 Å². The molecule has 0 aliphatic carbocycles. The fourth-order valence-electron chi connectivity index (χ4n) is 6.43. The van der Waals surface area contributed by atoms with Gasteiger partial charge in [-0.2, -0.15) is 0 Å². The Labute approximate surface area is 325 Å². The second kappa shape index (κ2) is 18.4. The molecule has 0 saturated carbocycles. The Morgan fingerprint density at radius 2 is 0.617 bits per heavy atom. The molecule has 0 heterocycles. The number of nitrogens with zero attached hydrogens (tertiary/aromatic N) is 1. The van der Waals surface area contributed by atoms with Crippen molar-refractivity contribution < 1.29 is 92.4 Å². The van der Waals surface area contributed by atoms with Gasteiger partial charge < -0.3 is 0 Å². The standard InChI is InChI=1S/C24BF20.C14H22N/c26-5-1(6(27)14(35)21(42)13(5)34)25(2-7(28)15(36)22(43)16(37)8(2)29,3-9(30)17(38)23(44)18(39)10(3)31)4-11(32)19(40)24(45)20(41)12(4)33;1-3-5-12-15(13-6-4-2)14-10-8-7-9-11-14/h;7-12H,3-6,13H2,1-2H3/q-1;+1. The van der Waals surface area contributed by atoms with E-state index in [1.54, 1.807) is 0 Å². The molecule has 60 heavy (non-hydrogen) atoms. The lowest BCUT2D eigenvalue weighted by Crippen LogP contribution is -2.81. The zero-order valence-electron chi connectivity index (χ0n) is 30.1. The Morgan fingerprint density at radius 1 is 0.367 bits per heavy atom. The molecule has 0 bridgehead atoms. The Hall–Kier alpha value is -5.57. The third kappa shape index (κ3) is 7.68. The van der Waals surface area contributed by atoms with E-state index in [9.17, 15) is 52.7 Å². The van der Waals surface area contributed by atoms with Gasteiger partial charge in [0.2, 0.25) is 5.69 Å². The fraction of sp³-hybridized carbons (Fsp3) is 0.184. The lowest BCUT2D eigenvalue weighted by molar-refractivity contribution is -0.437. The van der Waals surface area contributed by atoms with Crippen molar-refractivity contribution in [3.8, 4) is 0 Å². The highest BCUT2D eigenvalue weighted by atomic mass is 19.2. The van der Waals surface area contributed by atoms with E-state index in [0.29, 0.717) is 0 Å². The second-order valence-electron chi connectivity index (χ2n) is 12.7. The van der Waals surface area contributed by atoms with Crippen molar-refractivity contribution >= 4 is 39.9 Å². The minimum atomic E-state index is -7.22. The number of hydrogen-bond acceptors (Lipinski definition) is 0. The minimum absolute atomic E-state index is 1.14. The Bertz CT molecular complexity index is 2110. The predicted octanol–water partition coefficient (Wildman–Crippen LogP) is 9.85. The molecule has 5 rings (SSSR count). The minimum Gasteiger partial charge on any atom is -0.207 e. The van der Waals surface area contributed by atoms with Crippen LogP contribution < -0.4 is 21.9 Å². The van der Waals surface area contributed by atoms with Crippen LogP contribution >= 0.6 is 0 Å². The Kier molecular flexibility index (Phi) is 14.4. The maximum Gasteiger partial charge on any atom is 0.204 e. The lowest BCUT2D eigenvalue weighted by Gasteiger charge is -2.44. The third-order valence-corrected chi connectivity index (χ3v) is 9.19. The highest BCUT2D eigenvalue weighted by Gasteiger charge is 2.52. The van der Waals surface area contributed by atoms with Gasteiger partial charge in [-0.15, -0.1) is 21.9 Å². The molecular weight excluding hydrogens is 861 g/mol. The van der Waals surface area contributed by atoms with Gasteiger partial charge in [-0.05, 0) is 6.42 Å². The van der Waals surface area contributed by atoms with Gasteiger partial charge in [0.1, 0.15) is 65.4 Å². The van der Waals surface area contributed by atoms with E-state index in [-0.39, 0.29) is 0 Å². The van der Waals surface area contributed by atoms with Crippen molar-refractivity contribution in [2.45, 2.75) is 39.5 Å². The first kappa shape index (κ1) is 47.1. The van der Waals surface area contributed by atoms with Crippen molar-refractivity contribution in [1.29, 1.82) is 0 Å². The van der Waals surface area contributed by atoms with Crippen LogP contribution in [-0.4, -0.2) is 23.5 Å². The topological polar surface area (TPSA) is 3.01 Å². The average molecular weight is 883 g/mol. The summed E-state index contributed by atoms with van der Waals surface area (Å²) in [6.45, 7) is 5.60.